The normalized spacial score (nSPS) is 10.6. The third-order valence-electron chi connectivity index (χ3n) is 4.78. The number of non-ortho nitro benzene ring substituents is 1. The lowest BCUT2D eigenvalue weighted by Gasteiger charge is -2.10. The zero-order chi connectivity index (χ0) is 21.8. The third-order valence-corrected chi connectivity index (χ3v) is 4.78. The topological polar surface area (TPSA) is 91.4 Å². The Balaban J connectivity index is 1.67. The Hall–Kier alpha value is -3.81. The summed E-state index contributed by atoms with van der Waals surface area (Å²) in [6.07, 6.45) is 0. The largest absolute Gasteiger partial charge is 0.454 e. The van der Waals surface area contributed by atoms with Gasteiger partial charge >= 0.3 is 5.97 Å². The number of hydrogen-bond acceptors (Lipinski definition) is 5. The van der Waals surface area contributed by atoms with Crippen molar-refractivity contribution in [3.63, 3.8) is 0 Å². The third kappa shape index (κ3) is 4.60. The monoisotopic (exact) mass is 410 g/mol. The average Bonchev–Trinajstić information content (AvgIpc) is 3.01. The summed E-state index contributed by atoms with van der Waals surface area (Å²) in [6, 6.07) is 12.8. The van der Waals surface area contributed by atoms with Gasteiger partial charge in [-0.05, 0) is 49.7 Å². The summed E-state index contributed by atoms with van der Waals surface area (Å²) < 4.78 is 20.1. The summed E-state index contributed by atoms with van der Waals surface area (Å²) in [7, 11) is 0. The molecule has 3 rings (SSSR count). The number of Topliss-reactive ketones (excluding diaryl/α,β-unsaturated/α-hetero) is 1. The van der Waals surface area contributed by atoms with Crippen LogP contribution in [0.3, 0.4) is 0 Å². The second-order valence-corrected chi connectivity index (χ2v) is 6.80. The molecule has 0 spiro atoms. The van der Waals surface area contributed by atoms with Crippen molar-refractivity contribution in [1.82, 2.24) is 4.57 Å². The van der Waals surface area contributed by atoms with Gasteiger partial charge in [0.05, 0.1) is 10.5 Å². The molecule has 0 radical (unpaired) electrons. The molecule has 0 N–H and O–H groups in total. The van der Waals surface area contributed by atoms with Crippen molar-refractivity contribution in [2.24, 2.45) is 0 Å². The quantitative estimate of drug-likeness (QED) is 0.251. The van der Waals surface area contributed by atoms with Gasteiger partial charge in [0.2, 0.25) is 5.78 Å². The minimum absolute atomic E-state index is 0.121. The molecular weight excluding hydrogens is 391 g/mol. The molecule has 0 saturated carbocycles. The molecule has 0 aliphatic heterocycles. The molecule has 0 bridgehead atoms. The van der Waals surface area contributed by atoms with E-state index in [1.807, 2.05) is 11.5 Å². The fourth-order valence-electron chi connectivity index (χ4n) is 3.11. The lowest BCUT2D eigenvalue weighted by Crippen LogP contribution is -2.15. The average molecular weight is 410 g/mol. The highest BCUT2D eigenvalue weighted by atomic mass is 19.1. The van der Waals surface area contributed by atoms with Crippen LogP contribution in [0.5, 0.6) is 0 Å². The second kappa shape index (κ2) is 8.69. The van der Waals surface area contributed by atoms with Crippen LogP contribution in [0, 0.1) is 29.8 Å². The van der Waals surface area contributed by atoms with Gasteiger partial charge < -0.3 is 9.30 Å². The second-order valence-electron chi connectivity index (χ2n) is 6.80. The molecule has 0 fully saturated rings. The van der Waals surface area contributed by atoms with E-state index < -0.39 is 17.5 Å². The molecule has 8 heteroatoms. The van der Waals surface area contributed by atoms with E-state index in [1.54, 1.807) is 25.1 Å². The highest BCUT2D eigenvalue weighted by Gasteiger charge is 2.18. The first-order valence-electron chi connectivity index (χ1n) is 9.12. The Morgan fingerprint density at radius 3 is 2.30 bits per heavy atom. The Kier molecular flexibility index (Phi) is 6.06. The van der Waals surface area contributed by atoms with Crippen LogP contribution < -0.4 is 0 Å². The number of carbonyl (C=O) groups is 2. The van der Waals surface area contributed by atoms with Crippen molar-refractivity contribution < 1.29 is 23.6 Å². The van der Waals surface area contributed by atoms with E-state index in [9.17, 15) is 24.1 Å². The van der Waals surface area contributed by atoms with Gasteiger partial charge in [0.25, 0.3) is 5.69 Å². The summed E-state index contributed by atoms with van der Waals surface area (Å²) >= 11 is 0. The minimum atomic E-state index is -0.738. The zero-order valence-electron chi connectivity index (χ0n) is 16.4. The van der Waals surface area contributed by atoms with E-state index in [2.05, 4.69) is 0 Å². The van der Waals surface area contributed by atoms with Crippen LogP contribution in [0.25, 0.3) is 0 Å². The Labute approximate surface area is 171 Å². The molecule has 0 aliphatic carbocycles. The molecule has 7 nitrogen and oxygen atoms in total. The predicted molar refractivity (Wildman–Crippen MR) is 107 cm³/mol. The number of halogens is 1. The maximum Gasteiger partial charge on any atom is 0.338 e. The molecule has 0 aliphatic rings. The smallest absolute Gasteiger partial charge is 0.338 e. The Bertz CT molecular complexity index is 1100. The van der Waals surface area contributed by atoms with E-state index in [-0.39, 0.29) is 22.9 Å². The summed E-state index contributed by atoms with van der Waals surface area (Å²) in [5, 5.41) is 10.7. The molecule has 1 aromatic heterocycles. The van der Waals surface area contributed by atoms with Crippen LogP contribution in [0.4, 0.5) is 10.1 Å². The van der Waals surface area contributed by atoms with Gasteiger partial charge in [-0.15, -0.1) is 0 Å². The van der Waals surface area contributed by atoms with Gasteiger partial charge in [-0.3, -0.25) is 14.9 Å². The summed E-state index contributed by atoms with van der Waals surface area (Å²) in [4.78, 5) is 34.8. The number of benzene rings is 2. The van der Waals surface area contributed by atoms with Gasteiger partial charge in [-0.2, -0.15) is 0 Å². The molecule has 1 heterocycles. The molecule has 3 aromatic rings. The van der Waals surface area contributed by atoms with E-state index in [1.165, 1.54) is 36.4 Å². The molecular formula is C22H19FN2O5. The Morgan fingerprint density at radius 2 is 1.70 bits per heavy atom. The number of nitro benzene ring substituents is 1. The maximum atomic E-state index is 13.1. The van der Waals surface area contributed by atoms with Gasteiger partial charge in [0, 0.05) is 35.6 Å². The summed E-state index contributed by atoms with van der Waals surface area (Å²) in [5.41, 5.74) is 2.87. The van der Waals surface area contributed by atoms with Crippen LogP contribution in [-0.2, 0) is 11.3 Å². The number of hydrogen-bond donors (Lipinski definition) is 0. The number of nitrogens with zero attached hydrogens (tertiary/aromatic N) is 2. The van der Waals surface area contributed by atoms with Crippen molar-refractivity contribution in [1.29, 1.82) is 0 Å². The molecule has 0 saturated heterocycles. The molecule has 0 amide bonds. The number of esters is 1. The lowest BCUT2D eigenvalue weighted by atomic mass is 10.1. The number of aryl methyl sites for hydroxylation is 1. The number of nitro groups is 1. The highest BCUT2D eigenvalue weighted by Crippen LogP contribution is 2.19. The molecule has 0 unspecified atom stereocenters. The van der Waals surface area contributed by atoms with Crippen molar-refractivity contribution in [3.05, 3.63) is 98.6 Å². The molecule has 2 aromatic carbocycles. The van der Waals surface area contributed by atoms with Crippen LogP contribution in [0.1, 0.15) is 37.7 Å². The fourth-order valence-corrected chi connectivity index (χ4v) is 3.11. The Morgan fingerprint density at radius 1 is 1.07 bits per heavy atom. The maximum absolute atomic E-state index is 13.1. The van der Waals surface area contributed by atoms with Gasteiger partial charge in [0.15, 0.2) is 6.61 Å². The molecule has 0 atom stereocenters. The first-order valence-corrected chi connectivity index (χ1v) is 9.12. The summed E-state index contributed by atoms with van der Waals surface area (Å²) in [6.45, 7) is 3.68. The van der Waals surface area contributed by atoms with Crippen molar-refractivity contribution >= 4 is 17.4 Å². The van der Waals surface area contributed by atoms with E-state index >= 15 is 0 Å². The standard InChI is InChI=1S/C22H19FN2O5/c1-14-11-20(15(2)24(14)12-16-3-7-18(23)8-4-16)21(26)13-30-22(27)17-5-9-19(10-6-17)25(28)29/h3-11H,12-13H2,1-2H3. The van der Waals surface area contributed by atoms with Crippen LogP contribution >= 0.6 is 0 Å². The SMILES string of the molecule is Cc1cc(C(=O)COC(=O)c2ccc([N+](=O)[O-])cc2)c(C)n1Cc1ccc(F)cc1. The fraction of sp³-hybridized carbons (Fsp3) is 0.182. The van der Waals surface area contributed by atoms with E-state index in [0.29, 0.717) is 17.8 Å². The number of aromatic nitrogens is 1. The number of rotatable bonds is 7. The number of carbonyl (C=O) groups excluding carboxylic acids is 2. The van der Waals surface area contributed by atoms with E-state index in [4.69, 9.17) is 4.74 Å². The first-order chi connectivity index (χ1) is 14.3. The van der Waals surface area contributed by atoms with Crippen LogP contribution in [0.15, 0.2) is 54.6 Å². The lowest BCUT2D eigenvalue weighted by molar-refractivity contribution is -0.384. The first kappa shape index (κ1) is 20.9. The van der Waals surface area contributed by atoms with Gasteiger partial charge in [-0.1, -0.05) is 12.1 Å². The highest BCUT2D eigenvalue weighted by molar-refractivity contribution is 6.00. The van der Waals surface area contributed by atoms with Crippen molar-refractivity contribution in [3.8, 4) is 0 Å². The van der Waals surface area contributed by atoms with Gasteiger partial charge in [-0.25, -0.2) is 9.18 Å². The number of ether oxygens (including phenoxy) is 1. The van der Waals surface area contributed by atoms with Crippen LogP contribution in [-0.4, -0.2) is 27.8 Å². The number of ketones is 1. The molecule has 30 heavy (non-hydrogen) atoms. The zero-order valence-corrected chi connectivity index (χ0v) is 16.4. The van der Waals surface area contributed by atoms with Crippen molar-refractivity contribution in [2.75, 3.05) is 6.61 Å². The predicted octanol–water partition coefficient (Wildman–Crippen LogP) is 4.24. The van der Waals surface area contributed by atoms with Crippen LogP contribution in [0.2, 0.25) is 0 Å². The van der Waals surface area contributed by atoms with Gasteiger partial charge in [0.1, 0.15) is 5.82 Å². The summed E-state index contributed by atoms with van der Waals surface area (Å²) in [5.74, 6) is -1.41. The van der Waals surface area contributed by atoms with E-state index in [0.717, 1.165) is 11.3 Å². The van der Waals surface area contributed by atoms with Crippen molar-refractivity contribution in [2.45, 2.75) is 20.4 Å². The minimum Gasteiger partial charge on any atom is -0.454 e. The molecule has 154 valence electrons.